The number of amides is 4. The number of aryl methyl sites for hydroxylation is 1. The van der Waals surface area contributed by atoms with E-state index in [1.165, 1.54) is 4.90 Å². The maximum Gasteiger partial charge on any atom is 0.332 e. The molecule has 1 aromatic heterocycles. The molecular weight excluding hydrogens is 500 g/mol. The summed E-state index contributed by atoms with van der Waals surface area (Å²) in [5, 5.41) is 4.05. The number of rotatable bonds is 8. The number of carbonyl (C=O) groups is 3. The Hall–Kier alpha value is -4.39. The van der Waals surface area contributed by atoms with Crippen LogP contribution < -0.4 is 10.2 Å². The molecule has 40 heavy (non-hydrogen) atoms. The smallest absolute Gasteiger partial charge is 0.332 e. The van der Waals surface area contributed by atoms with Gasteiger partial charge in [0.25, 0.3) is 11.8 Å². The highest BCUT2D eigenvalue weighted by atomic mass is 16.2. The van der Waals surface area contributed by atoms with E-state index in [4.69, 9.17) is 0 Å². The van der Waals surface area contributed by atoms with E-state index >= 15 is 0 Å². The van der Waals surface area contributed by atoms with E-state index in [0.717, 1.165) is 59.0 Å². The van der Waals surface area contributed by atoms with E-state index < -0.39 is 18.1 Å². The third-order valence-electron chi connectivity index (χ3n) is 8.24. The van der Waals surface area contributed by atoms with Crippen LogP contribution in [0.4, 0.5) is 10.5 Å². The summed E-state index contributed by atoms with van der Waals surface area (Å²) in [6, 6.07) is 21.4. The van der Waals surface area contributed by atoms with Crippen molar-refractivity contribution in [3.8, 4) is 0 Å². The van der Waals surface area contributed by atoms with Gasteiger partial charge >= 0.3 is 6.03 Å². The molecule has 6 rings (SSSR count). The molecular formula is C33H34N4O3. The van der Waals surface area contributed by atoms with Crippen LogP contribution in [-0.2, 0) is 11.2 Å². The Morgan fingerprint density at radius 2 is 1.70 bits per heavy atom. The number of aromatic nitrogens is 1. The molecule has 0 saturated carbocycles. The first-order valence-corrected chi connectivity index (χ1v) is 14.2. The zero-order valence-corrected chi connectivity index (χ0v) is 22.9. The standard InChI is InChI=1S/C33H34N4O3/c1-3-4-5-12-19-34-31(38)24-16-9-11-18-27(24)37-32(39)28-20-25-23-15-8-10-17-26(23)35-29(25)30(36(28)33(37)40)22-14-7-6-13-21(22)2/h6-11,13-18,28,30,35H,3-5,12,19-20H2,1-2H3,(H,34,38)/t28-,30+/m0/s1. The highest BCUT2D eigenvalue weighted by Crippen LogP contribution is 2.45. The average Bonchev–Trinajstić information content (AvgIpc) is 3.46. The molecule has 0 bridgehead atoms. The summed E-state index contributed by atoms with van der Waals surface area (Å²) in [5.74, 6) is -0.577. The van der Waals surface area contributed by atoms with Gasteiger partial charge in [-0.15, -0.1) is 0 Å². The fourth-order valence-electron chi connectivity index (χ4n) is 6.22. The highest BCUT2D eigenvalue weighted by molar-refractivity contribution is 6.24. The third-order valence-corrected chi connectivity index (χ3v) is 8.24. The lowest BCUT2D eigenvalue weighted by molar-refractivity contribution is -0.120. The lowest BCUT2D eigenvalue weighted by Gasteiger charge is -2.36. The monoisotopic (exact) mass is 534 g/mol. The van der Waals surface area contributed by atoms with Crippen molar-refractivity contribution in [2.24, 2.45) is 0 Å². The molecule has 0 radical (unpaired) electrons. The fraction of sp³-hybridized carbons (Fsp3) is 0.303. The summed E-state index contributed by atoms with van der Waals surface area (Å²) < 4.78 is 0. The molecule has 2 aliphatic rings. The van der Waals surface area contributed by atoms with Crippen LogP contribution in [0.15, 0.2) is 72.8 Å². The van der Waals surface area contributed by atoms with E-state index in [2.05, 4.69) is 23.3 Å². The summed E-state index contributed by atoms with van der Waals surface area (Å²) >= 11 is 0. The van der Waals surface area contributed by atoms with Gasteiger partial charge in [-0.2, -0.15) is 0 Å². The first-order valence-electron chi connectivity index (χ1n) is 14.2. The number of aromatic amines is 1. The van der Waals surface area contributed by atoms with Gasteiger partial charge in [-0.25, -0.2) is 9.69 Å². The molecule has 0 spiro atoms. The number of hydrogen-bond donors (Lipinski definition) is 2. The number of hydrogen-bond acceptors (Lipinski definition) is 3. The van der Waals surface area contributed by atoms with Gasteiger partial charge in [-0.05, 0) is 48.2 Å². The molecule has 0 aliphatic carbocycles. The molecule has 1 fully saturated rings. The molecule has 7 nitrogen and oxygen atoms in total. The van der Waals surface area contributed by atoms with Crippen molar-refractivity contribution in [2.45, 2.75) is 58.0 Å². The molecule has 2 atom stereocenters. The summed E-state index contributed by atoms with van der Waals surface area (Å²) in [6.07, 6.45) is 4.60. The van der Waals surface area contributed by atoms with Crippen LogP contribution in [0.1, 0.15) is 71.4 Å². The van der Waals surface area contributed by atoms with Crippen molar-refractivity contribution < 1.29 is 14.4 Å². The molecule has 0 unspecified atom stereocenters. The predicted octanol–water partition coefficient (Wildman–Crippen LogP) is 6.27. The van der Waals surface area contributed by atoms with Gasteiger partial charge in [-0.1, -0.05) is 80.8 Å². The van der Waals surface area contributed by atoms with Crippen molar-refractivity contribution in [3.05, 3.63) is 101 Å². The van der Waals surface area contributed by atoms with Crippen LogP contribution in [0.3, 0.4) is 0 Å². The Labute approximate surface area is 234 Å². The number of imide groups is 1. The lowest BCUT2D eigenvalue weighted by atomic mass is 9.87. The van der Waals surface area contributed by atoms with Gasteiger partial charge in [0.05, 0.1) is 11.3 Å². The zero-order chi connectivity index (χ0) is 27.8. The molecule has 1 saturated heterocycles. The number of anilines is 1. The Kier molecular flexibility index (Phi) is 6.88. The maximum atomic E-state index is 14.3. The summed E-state index contributed by atoms with van der Waals surface area (Å²) in [7, 11) is 0. The average molecular weight is 535 g/mol. The van der Waals surface area contributed by atoms with Crippen molar-refractivity contribution >= 4 is 34.4 Å². The van der Waals surface area contributed by atoms with E-state index in [1.54, 1.807) is 29.2 Å². The summed E-state index contributed by atoms with van der Waals surface area (Å²) in [5.41, 5.74) is 5.66. The molecule has 204 valence electrons. The highest BCUT2D eigenvalue weighted by Gasteiger charge is 2.53. The van der Waals surface area contributed by atoms with Crippen LogP contribution >= 0.6 is 0 Å². The van der Waals surface area contributed by atoms with Crippen molar-refractivity contribution in [1.29, 1.82) is 0 Å². The van der Waals surface area contributed by atoms with Crippen molar-refractivity contribution in [3.63, 3.8) is 0 Å². The number of carbonyl (C=O) groups excluding carboxylic acids is 3. The molecule has 7 heteroatoms. The first-order chi connectivity index (χ1) is 19.5. The van der Waals surface area contributed by atoms with Crippen molar-refractivity contribution in [1.82, 2.24) is 15.2 Å². The Bertz CT molecular complexity index is 1610. The van der Waals surface area contributed by atoms with Gasteiger partial charge in [0.1, 0.15) is 12.1 Å². The molecule has 3 heterocycles. The van der Waals surface area contributed by atoms with Crippen LogP contribution in [0, 0.1) is 6.92 Å². The van der Waals surface area contributed by atoms with E-state index in [0.29, 0.717) is 24.2 Å². The van der Waals surface area contributed by atoms with Crippen LogP contribution in [0.25, 0.3) is 10.9 Å². The van der Waals surface area contributed by atoms with Crippen LogP contribution in [0.2, 0.25) is 0 Å². The first kappa shape index (κ1) is 25.9. The second-order valence-electron chi connectivity index (χ2n) is 10.7. The number of unbranched alkanes of at least 4 members (excludes halogenated alkanes) is 3. The second kappa shape index (κ2) is 10.6. The Balaban J connectivity index is 1.40. The fourth-order valence-corrected chi connectivity index (χ4v) is 6.22. The minimum Gasteiger partial charge on any atom is -0.356 e. The predicted molar refractivity (Wildman–Crippen MR) is 156 cm³/mol. The number of nitrogens with one attached hydrogen (secondary N) is 2. The summed E-state index contributed by atoms with van der Waals surface area (Å²) in [4.78, 5) is 48.1. The van der Waals surface area contributed by atoms with E-state index in [9.17, 15) is 14.4 Å². The second-order valence-corrected chi connectivity index (χ2v) is 10.7. The van der Waals surface area contributed by atoms with Gasteiger partial charge in [0.2, 0.25) is 0 Å². The van der Waals surface area contributed by atoms with Gasteiger partial charge in [0.15, 0.2) is 0 Å². The number of H-pyrrole nitrogens is 1. The molecule has 2 aliphatic heterocycles. The molecule has 4 amide bonds. The third kappa shape index (κ3) is 4.26. The Morgan fingerprint density at radius 3 is 2.52 bits per heavy atom. The van der Waals surface area contributed by atoms with E-state index in [-0.39, 0.29) is 11.8 Å². The molecule has 4 aromatic rings. The quantitative estimate of drug-likeness (QED) is 0.206. The number of fused-ring (bicyclic) bond motifs is 4. The SMILES string of the molecule is CCCCCCNC(=O)c1ccccc1N1C(=O)[C@@H]2Cc3c([nH]c4ccccc34)[C@@H](c3ccccc3C)N2C1=O. The maximum absolute atomic E-state index is 14.3. The molecule has 2 N–H and O–H groups in total. The number of urea groups is 1. The summed E-state index contributed by atoms with van der Waals surface area (Å²) in [6.45, 7) is 4.73. The molecule has 3 aromatic carbocycles. The minimum atomic E-state index is -0.672. The number of nitrogens with zero attached hydrogens (tertiary/aromatic N) is 2. The largest absolute Gasteiger partial charge is 0.356 e. The zero-order valence-electron chi connectivity index (χ0n) is 22.9. The van der Waals surface area contributed by atoms with Gasteiger partial charge < -0.3 is 10.3 Å². The number of benzene rings is 3. The van der Waals surface area contributed by atoms with Crippen LogP contribution in [0.5, 0.6) is 0 Å². The van der Waals surface area contributed by atoms with Gasteiger partial charge in [0, 0.05) is 29.6 Å². The van der Waals surface area contributed by atoms with E-state index in [1.807, 2.05) is 49.4 Å². The lowest BCUT2D eigenvalue weighted by Crippen LogP contribution is -2.44. The Morgan fingerprint density at radius 1 is 0.950 bits per heavy atom. The minimum absolute atomic E-state index is 0.274. The number of para-hydroxylation sites is 2. The normalized spacial score (nSPS) is 18.2. The van der Waals surface area contributed by atoms with Crippen LogP contribution in [-0.4, -0.2) is 40.3 Å². The van der Waals surface area contributed by atoms with Gasteiger partial charge in [-0.3, -0.25) is 14.5 Å². The van der Waals surface area contributed by atoms with Crippen molar-refractivity contribution in [2.75, 3.05) is 11.4 Å². The topological polar surface area (TPSA) is 85.5 Å².